The molecule has 1 fully saturated rings. The van der Waals surface area contributed by atoms with Crippen molar-refractivity contribution in [1.82, 2.24) is 20.2 Å². The molecule has 1 aliphatic heterocycles. The molecule has 94 valence electrons. The molecule has 0 aromatic carbocycles. The summed E-state index contributed by atoms with van der Waals surface area (Å²) in [5.74, 6) is 0.665. The van der Waals surface area contributed by atoms with Crippen molar-refractivity contribution in [1.29, 1.82) is 0 Å². The Hall–Kier alpha value is -1.36. The van der Waals surface area contributed by atoms with E-state index in [1.165, 1.54) is 5.69 Å². The van der Waals surface area contributed by atoms with Crippen LogP contribution in [0.15, 0.2) is 12.5 Å². The minimum absolute atomic E-state index is 0.0787. The van der Waals surface area contributed by atoms with Crippen LogP contribution in [0.3, 0.4) is 0 Å². The molecule has 0 unspecified atom stereocenters. The lowest BCUT2D eigenvalue weighted by molar-refractivity contribution is -0.120. The van der Waals surface area contributed by atoms with Gasteiger partial charge in [-0.05, 0) is 25.9 Å². The van der Waals surface area contributed by atoms with Gasteiger partial charge in [0.15, 0.2) is 0 Å². The second-order valence-electron chi connectivity index (χ2n) is 4.46. The third-order valence-corrected chi connectivity index (χ3v) is 3.36. The summed E-state index contributed by atoms with van der Waals surface area (Å²) in [6, 6.07) is 0. The Morgan fingerprint density at radius 2 is 2.35 bits per heavy atom. The van der Waals surface area contributed by atoms with Gasteiger partial charge in [0, 0.05) is 37.8 Å². The van der Waals surface area contributed by atoms with Gasteiger partial charge in [0.1, 0.15) is 0 Å². The summed E-state index contributed by atoms with van der Waals surface area (Å²) in [4.78, 5) is 15.5. The van der Waals surface area contributed by atoms with Crippen molar-refractivity contribution in [2.75, 3.05) is 20.1 Å². The van der Waals surface area contributed by atoms with E-state index >= 15 is 0 Å². The number of hydrogen-bond donors (Lipinski definition) is 2. The number of rotatable bonds is 4. The Morgan fingerprint density at radius 1 is 1.59 bits per heavy atom. The van der Waals surface area contributed by atoms with Gasteiger partial charge in [-0.25, -0.2) is 4.98 Å². The zero-order valence-corrected chi connectivity index (χ0v) is 10.3. The van der Waals surface area contributed by atoms with E-state index in [9.17, 15) is 4.79 Å². The van der Waals surface area contributed by atoms with E-state index in [2.05, 4.69) is 20.2 Å². The molecule has 0 radical (unpaired) electrons. The fourth-order valence-corrected chi connectivity index (χ4v) is 2.32. The first-order valence-corrected chi connectivity index (χ1v) is 6.22. The van der Waals surface area contributed by atoms with Gasteiger partial charge in [0.25, 0.3) is 0 Å². The van der Waals surface area contributed by atoms with E-state index in [0.29, 0.717) is 12.3 Å². The van der Waals surface area contributed by atoms with Gasteiger partial charge in [0.05, 0.1) is 6.33 Å². The number of aryl methyl sites for hydroxylation is 1. The van der Waals surface area contributed by atoms with Crippen LogP contribution in [0.4, 0.5) is 0 Å². The van der Waals surface area contributed by atoms with Gasteiger partial charge in [-0.1, -0.05) is 0 Å². The van der Waals surface area contributed by atoms with Crippen LogP contribution in [0, 0.1) is 0 Å². The van der Waals surface area contributed by atoms with Crippen LogP contribution < -0.4 is 10.6 Å². The first-order chi connectivity index (χ1) is 8.31. The molecular formula is C12H20N4O. The fraction of sp³-hybridized carbons (Fsp3) is 0.667. The maximum atomic E-state index is 11.2. The SMILES string of the molecule is CNC(=O)CCn1cncc1C1CCNCC1. The molecule has 0 spiro atoms. The maximum Gasteiger partial charge on any atom is 0.221 e. The first-order valence-electron chi connectivity index (χ1n) is 6.22. The topological polar surface area (TPSA) is 59.0 Å². The number of nitrogens with one attached hydrogen (secondary N) is 2. The third kappa shape index (κ3) is 3.06. The zero-order chi connectivity index (χ0) is 12.1. The van der Waals surface area contributed by atoms with Crippen molar-refractivity contribution >= 4 is 5.91 Å². The second kappa shape index (κ2) is 5.82. The first kappa shape index (κ1) is 12.1. The summed E-state index contributed by atoms with van der Waals surface area (Å²) in [7, 11) is 1.67. The van der Waals surface area contributed by atoms with Crippen LogP contribution in [-0.4, -0.2) is 35.6 Å². The van der Waals surface area contributed by atoms with E-state index in [-0.39, 0.29) is 5.91 Å². The van der Waals surface area contributed by atoms with Crippen molar-refractivity contribution in [2.24, 2.45) is 0 Å². The highest BCUT2D eigenvalue weighted by molar-refractivity contribution is 5.75. The lowest BCUT2D eigenvalue weighted by Crippen LogP contribution is -2.28. The Balaban J connectivity index is 1.98. The Labute approximate surface area is 102 Å². The minimum Gasteiger partial charge on any atom is -0.359 e. The van der Waals surface area contributed by atoms with Crippen molar-refractivity contribution < 1.29 is 4.79 Å². The van der Waals surface area contributed by atoms with Gasteiger partial charge in [-0.15, -0.1) is 0 Å². The highest BCUT2D eigenvalue weighted by Crippen LogP contribution is 2.24. The van der Waals surface area contributed by atoms with Gasteiger partial charge in [0.2, 0.25) is 5.91 Å². The predicted molar refractivity (Wildman–Crippen MR) is 65.8 cm³/mol. The molecule has 0 saturated carbocycles. The normalized spacial score (nSPS) is 17.0. The molecule has 1 aliphatic rings. The lowest BCUT2D eigenvalue weighted by atomic mass is 9.95. The molecule has 2 N–H and O–H groups in total. The molecule has 5 heteroatoms. The van der Waals surface area contributed by atoms with Crippen LogP contribution in [0.5, 0.6) is 0 Å². The van der Waals surface area contributed by atoms with Gasteiger partial charge in [-0.2, -0.15) is 0 Å². The van der Waals surface area contributed by atoms with Crippen LogP contribution in [0.1, 0.15) is 30.9 Å². The Kier molecular flexibility index (Phi) is 4.14. The smallest absolute Gasteiger partial charge is 0.221 e. The molecule has 1 saturated heterocycles. The number of amides is 1. The van der Waals surface area contributed by atoms with Crippen LogP contribution in [-0.2, 0) is 11.3 Å². The second-order valence-corrected chi connectivity index (χ2v) is 4.46. The van der Waals surface area contributed by atoms with Crippen LogP contribution in [0.2, 0.25) is 0 Å². The molecule has 2 rings (SSSR count). The van der Waals surface area contributed by atoms with Gasteiger partial charge < -0.3 is 15.2 Å². The monoisotopic (exact) mass is 236 g/mol. The number of nitrogens with zero attached hydrogens (tertiary/aromatic N) is 2. The Morgan fingerprint density at radius 3 is 3.06 bits per heavy atom. The number of carbonyl (C=O) groups excluding carboxylic acids is 1. The van der Waals surface area contributed by atoms with E-state index in [1.807, 2.05) is 12.5 Å². The highest BCUT2D eigenvalue weighted by Gasteiger charge is 2.18. The summed E-state index contributed by atoms with van der Waals surface area (Å²) < 4.78 is 2.12. The third-order valence-electron chi connectivity index (χ3n) is 3.36. The number of imidazole rings is 1. The average Bonchev–Trinajstić information content (AvgIpc) is 2.85. The quantitative estimate of drug-likeness (QED) is 0.799. The van der Waals surface area contributed by atoms with Crippen molar-refractivity contribution in [3.8, 4) is 0 Å². The predicted octanol–water partition coefficient (Wildman–Crippen LogP) is 0.486. The number of piperidine rings is 1. The number of hydrogen-bond acceptors (Lipinski definition) is 3. The molecule has 1 aromatic rings. The number of carbonyl (C=O) groups is 1. The molecular weight excluding hydrogens is 216 g/mol. The molecule has 1 amide bonds. The van der Waals surface area contributed by atoms with Gasteiger partial charge in [-0.3, -0.25) is 4.79 Å². The summed E-state index contributed by atoms with van der Waals surface area (Å²) in [5.41, 5.74) is 1.27. The van der Waals surface area contributed by atoms with Gasteiger partial charge >= 0.3 is 0 Å². The molecule has 5 nitrogen and oxygen atoms in total. The molecule has 0 bridgehead atoms. The van der Waals surface area contributed by atoms with Crippen LogP contribution >= 0.6 is 0 Å². The zero-order valence-electron chi connectivity index (χ0n) is 10.3. The summed E-state index contributed by atoms with van der Waals surface area (Å²) >= 11 is 0. The lowest BCUT2D eigenvalue weighted by Gasteiger charge is -2.23. The van der Waals surface area contributed by atoms with Crippen molar-refractivity contribution in [3.05, 3.63) is 18.2 Å². The maximum absolute atomic E-state index is 11.2. The highest BCUT2D eigenvalue weighted by atomic mass is 16.1. The van der Waals surface area contributed by atoms with Crippen molar-refractivity contribution in [3.63, 3.8) is 0 Å². The minimum atomic E-state index is 0.0787. The summed E-state index contributed by atoms with van der Waals surface area (Å²) in [6.45, 7) is 2.87. The average molecular weight is 236 g/mol. The van der Waals surface area contributed by atoms with E-state index in [1.54, 1.807) is 7.05 Å². The summed E-state index contributed by atoms with van der Waals surface area (Å²) in [5, 5.41) is 6.01. The number of aromatic nitrogens is 2. The Bertz CT molecular complexity index is 368. The van der Waals surface area contributed by atoms with Crippen molar-refractivity contribution in [2.45, 2.75) is 31.7 Å². The molecule has 0 aliphatic carbocycles. The molecule has 17 heavy (non-hydrogen) atoms. The molecule has 0 atom stereocenters. The van der Waals surface area contributed by atoms with Crippen LogP contribution in [0.25, 0.3) is 0 Å². The van der Waals surface area contributed by atoms with E-state index in [0.717, 1.165) is 32.5 Å². The van der Waals surface area contributed by atoms with E-state index < -0.39 is 0 Å². The fourth-order valence-electron chi connectivity index (χ4n) is 2.32. The molecule has 1 aromatic heterocycles. The molecule has 2 heterocycles. The largest absolute Gasteiger partial charge is 0.359 e. The standard InChI is InChI=1S/C12H20N4O/c1-13-12(17)4-7-16-9-15-8-11(16)10-2-5-14-6-3-10/h8-10,14H,2-7H2,1H3,(H,13,17). The van der Waals surface area contributed by atoms with E-state index in [4.69, 9.17) is 0 Å². The summed E-state index contributed by atoms with van der Waals surface area (Å²) in [6.07, 6.45) is 6.61.